The molecule has 2 aromatic rings. The number of hydrogen-bond donors (Lipinski definition) is 0. The second-order valence-electron chi connectivity index (χ2n) is 4.87. The Balaban J connectivity index is 2.12. The largest absolute Gasteiger partial charge is 0.461 e. The quantitative estimate of drug-likeness (QED) is 0.644. The van der Waals surface area contributed by atoms with Crippen molar-refractivity contribution in [2.45, 2.75) is 39.0 Å². The van der Waals surface area contributed by atoms with Crippen LogP contribution in [0.3, 0.4) is 0 Å². The van der Waals surface area contributed by atoms with Crippen molar-refractivity contribution in [1.82, 2.24) is 0 Å². The van der Waals surface area contributed by atoms with Crippen LogP contribution in [0, 0.1) is 5.92 Å². The highest BCUT2D eigenvalue weighted by atomic mass is 16.3. The van der Waals surface area contributed by atoms with Crippen LogP contribution in [0.2, 0.25) is 0 Å². The van der Waals surface area contributed by atoms with Crippen LogP contribution < -0.4 is 0 Å². The minimum absolute atomic E-state index is 0.849. The van der Waals surface area contributed by atoms with Crippen molar-refractivity contribution in [3.8, 4) is 0 Å². The lowest BCUT2D eigenvalue weighted by Crippen LogP contribution is -2.00. The second kappa shape index (κ2) is 3.97. The maximum Gasteiger partial charge on any atom is 0.134 e. The molecule has 0 bridgehead atoms. The Kier molecular flexibility index (Phi) is 2.47. The molecule has 0 amide bonds. The predicted molar refractivity (Wildman–Crippen MR) is 66.6 cm³/mol. The van der Waals surface area contributed by atoms with Gasteiger partial charge in [0.1, 0.15) is 11.3 Å². The van der Waals surface area contributed by atoms with Crippen molar-refractivity contribution in [3.63, 3.8) is 0 Å². The number of furan rings is 1. The summed E-state index contributed by atoms with van der Waals surface area (Å²) in [6.07, 6.45) is 6.27. The zero-order chi connectivity index (χ0) is 11.0. The van der Waals surface area contributed by atoms with E-state index in [4.69, 9.17) is 4.42 Å². The molecule has 84 valence electrons. The monoisotopic (exact) mass is 214 g/mol. The van der Waals surface area contributed by atoms with Gasteiger partial charge in [0.05, 0.1) is 0 Å². The van der Waals surface area contributed by atoms with Gasteiger partial charge in [-0.15, -0.1) is 0 Å². The van der Waals surface area contributed by atoms with Gasteiger partial charge in [0, 0.05) is 17.4 Å². The van der Waals surface area contributed by atoms with Crippen LogP contribution in [0.15, 0.2) is 28.7 Å². The molecule has 1 unspecified atom stereocenters. The molecule has 1 heteroatoms. The molecule has 0 radical (unpaired) electrons. The minimum atomic E-state index is 0.849. The third-order valence-corrected chi connectivity index (χ3v) is 3.87. The summed E-state index contributed by atoms with van der Waals surface area (Å²) in [7, 11) is 0. The normalized spacial score (nSPS) is 20.7. The molecule has 1 aromatic heterocycles. The van der Waals surface area contributed by atoms with E-state index in [9.17, 15) is 0 Å². The molecule has 0 fully saturated rings. The number of aryl methyl sites for hydroxylation is 1. The van der Waals surface area contributed by atoms with E-state index in [2.05, 4.69) is 31.2 Å². The van der Waals surface area contributed by atoms with Crippen LogP contribution >= 0.6 is 0 Å². The second-order valence-corrected chi connectivity index (χ2v) is 4.87. The van der Waals surface area contributed by atoms with E-state index < -0.39 is 0 Å². The van der Waals surface area contributed by atoms with Gasteiger partial charge >= 0.3 is 0 Å². The Hall–Kier alpha value is -1.24. The number of rotatable bonds is 1. The molecule has 1 aliphatic carbocycles. The third kappa shape index (κ3) is 1.55. The molecule has 0 saturated carbocycles. The van der Waals surface area contributed by atoms with Gasteiger partial charge in [0.2, 0.25) is 0 Å². The summed E-state index contributed by atoms with van der Waals surface area (Å²) in [4.78, 5) is 0. The van der Waals surface area contributed by atoms with Crippen LogP contribution in [0.25, 0.3) is 11.0 Å². The van der Waals surface area contributed by atoms with Crippen molar-refractivity contribution in [2.75, 3.05) is 0 Å². The van der Waals surface area contributed by atoms with Crippen molar-refractivity contribution in [2.24, 2.45) is 5.92 Å². The maximum atomic E-state index is 5.96. The molecule has 0 aliphatic heterocycles. The van der Waals surface area contributed by atoms with Gasteiger partial charge in [-0.3, -0.25) is 0 Å². The number of hydrogen-bond acceptors (Lipinski definition) is 1. The fraction of sp³-hybridized carbons (Fsp3) is 0.467. The van der Waals surface area contributed by atoms with E-state index in [1.807, 2.05) is 0 Å². The summed E-state index contributed by atoms with van der Waals surface area (Å²) in [5, 5.41) is 1.35. The van der Waals surface area contributed by atoms with Gasteiger partial charge in [0.25, 0.3) is 0 Å². The van der Waals surface area contributed by atoms with E-state index in [0.717, 1.165) is 17.9 Å². The van der Waals surface area contributed by atoms with Gasteiger partial charge in [-0.2, -0.15) is 0 Å². The van der Waals surface area contributed by atoms with Crippen LogP contribution in [-0.2, 0) is 12.8 Å². The first-order valence-corrected chi connectivity index (χ1v) is 6.37. The van der Waals surface area contributed by atoms with Crippen LogP contribution in [0.1, 0.15) is 37.5 Å². The topological polar surface area (TPSA) is 13.1 Å². The molecular weight excluding hydrogens is 196 g/mol. The van der Waals surface area contributed by atoms with E-state index >= 15 is 0 Å². The van der Waals surface area contributed by atoms with Crippen molar-refractivity contribution in [3.05, 3.63) is 35.6 Å². The summed E-state index contributed by atoms with van der Waals surface area (Å²) in [6, 6.07) is 8.47. The lowest BCUT2D eigenvalue weighted by atomic mass is 9.94. The first-order chi connectivity index (χ1) is 7.88. The first kappa shape index (κ1) is 9.95. The third-order valence-electron chi connectivity index (χ3n) is 3.87. The molecule has 1 aromatic carbocycles. The fourth-order valence-electron chi connectivity index (χ4n) is 2.87. The molecule has 1 nitrogen and oxygen atoms in total. The highest BCUT2D eigenvalue weighted by Gasteiger charge is 2.20. The maximum absolute atomic E-state index is 5.96. The van der Waals surface area contributed by atoms with Crippen molar-refractivity contribution < 1.29 is 4.42 Å². The van der Waals surface area contributed by atoms with E-state index in [1.165, 1.54) is 42.4 Å². The fourth-order valence-corrected chi connectivity index (χ4v) is 2.87. The lowest BCUT2D eigenvalue weighted by molar-refractivity contribution is 0.464. The van der Waals surface area contributed by atoms with Crippen LogP contribution in [0.4, 0.5) is 0 Å². The molecule has 1 atom stereocenters. The average molecular weight is 214 g/mol. The highest BCUT2D eigenvalue weighted by molar-refractivity contribution is 5.82. The molecule has 1 aliphatic rings. The lowest BCUT2D eigenvalue weighted by Gasteiger charge is -2.10. The van der Waals surface area contributed by atoms with Gasteiger partial charge in [-0.25, -0.2) is 0 Å². The first-order valence-electron chi connectivity index (χ1n) is 6.37. The van der Waals surface area contributed by atoms with Crippen LogP contribution in [0.5, 0.6) is 0 Å². The summed E-state index contributed by atoms with van der Waals surface area (Å²) < 4.78 is 5.96. The Morgan fingerprint density at radius 1 is 1.31 bits per heavy atom. The predicted octanol–water partition coefficient (Wildman–Crippen LogP) is 4.34. The van der Waals surface area contributed by atoms with Gasteiger partial charge in [-0.1, -0.05) is 31.5 Å². The Bertz CT molecular complexity index is 495. The minimum Gasteiger partial charge on any atom is -0.461 e. The zero-order valence-electron chi connectivity index (χ0n) is 9.83. The van der Waals surface area contributed by atoms with E-state index in [0.29, 0.717) is 0 Å². The van der Waals surface area contributed by atoms with Gasteiger partial charge in [0.15, 0.2) is 0 Å². The molecule has 0 spiro atoms. The molecule has 0 saturated heterocycles. The standard InChI is InChI=1S/C15H18O/c1-2-11-6-5-9-15-13(10-11)12-7-3-4-8-14(12)16-15/h3-4,7-8,11H,2,5-6,9-10H2,1H3. The number of benzene rings is 1. The summed E-state index contributed by atoms with van der Waals surface area (Å²) in [5.41, 5.74) is 2.56. The Labute approximate surface area is 96.5 Å². The smallest absolute Gasteiger partial charge is 0.134 e. The summed E-state index contributed by atoms with van der Waals surface area (Å²) >= 11 is 0. The van der Waals surface area contributed by atoms with Gasteiger partial charge in [-0.05, 0) is 31.2 Å². The summed E-state index contributed by atoms with van der Waals surface area (Å²) in [6.45, 7) is 2.30. The summed E-state index contributed by atoms with van der Waals surface area (Å²) in [5.74, 6) is 2.10. The molecular formula is C15H18O. The molecule has 1 heterocycles. The Morgan fingerprint density at radius 3 is 3.06 bits per heavy atom. The SMILES string of the molecule is CCC1CCCc2oc3ccccc3c2C1. The van der Waals surface area contributed by atoms with Crippen molar-refractivity contribution >= 4 is 11.0 Å². The molecule has 0 N–H and O–H groups in total. The van der Waals surface area contributed by atoms with E-state index in [-0.39, 0.29) is 0 Å². The molecule has 16 heavy (non-hydrogen) atoms. The zero-order valence-corrected chi connectivity index (χ0v) is 9.83. The number of fused-ring (bicyclic) bond motifs is 3. The molecule has 3 rings (SSSR count). The van der Waals surface area contributed by atoms with Gasteiger partial charge < -0.3 is 4.42 Å². The average Bonchev–Trinajstić information content (AvgIpc) is 2.54. The van der Waals surface area contributed by atoms with Crippen LogP contribution in [-0.4, -0.2) is 0 Å². The highest BCUT2D eigenvalue weighted by Crippen LogP contribution is 2.33. The Morgan fingerprint density at radius 2 is 2.19 bits per heavy atom. The van der Waals surface area contributed by atoms with E-state index in [1.54, 1.807) is 0 Å². The van der Waals surface area contributed by atoms with Crippen molar-refractivity contribution in [1.29, 1.82) is 0 Å². The number of para-hydroxylation sites is 1.